The molecule has 0 fully saturated rings. The zero-order valence-electron chi connectivity index (χ0n) is 13.0. The number of benzene rings is 1. The van der Waals surface area contributed by atoms with Crippen molar-refractivity contribution < 1.29 is 17.6 Å². The molecule has 0 atom stereocenters. The summed E-state index contributed by atoms with van der Waals surface area (Å²) in [6.07, 6.45) is 2.00. The second kappa shape index (κ2) is 6.21. The fourth-order valence-electron chi connectivity index (χ4n) is 2.62. The van der Waals surface area contributed by atoms with E-state index in [-0.39, 0.29) is 17.9 Å². The molecule has 4 rings (SSSR count). The maximum Gasteiger partial charge on any atom is 0.299 e. The van der Waals surface area contributed by atoms with Gasteiger partial charge in [0.15, 0.2) is 11.5 Å². The minimum absolute atomic E-state index is 0.0579. The van der Waals surface area contributed by atoms with E-state index >= 15 is 0 Å². The number of aromatic nitrogens is 6. The first-order valence-corrected chi connectivity index (χ1v) is 7.48. The molecule has 10 heteroatoms. The third-order valence-electron chi connectivity index (χ3n) is 3.68. The van der Waals surface area contributed by atoms with Crippen molar-refractivity contribution in [3.05, 3.63) is 65.5 Å². The summed E-state index contributed by atoms with van der Waals surface area (Å²) in [6, 6.07) is 3.17. The summed E-state index contributed by atoms with van der Waals surface area (Å²) in [5.74, 6) is -1.98. The first kappa shape index (κ1) is 16.2. The van der Waals surface area contributed by atoms with Gasteiger partial charge in [0, 0.05) is 31.1 Å². The number of nitrogens with zero attached hydrogens (tertiary/aromatic N) is 5. The number of rotatable bonds is 4. The Balaban J connectivity index is 1.79. The molecule has 132 valence electrons. The highest BCUT2D eigenvalue weighted by Crippen LogP contribution is 2.21. The molecule has 0 bridgehead atoms. The second-order valence-corrected chi connectivity index (χ2v) is 5.53. The molecule has 1 aromatic carbocycles. The van der Waals surface area contributed by atoms with Gasteiger partial charge in [-0.25, -0.2) is 32.5 Å². The molecule has 3 heterocycles. The second-order valence-electron chi connectivity index (χ2n) is 5.53. The van der Waals surface area contributed by atoms with Crippen molar-refractivity contribution in [3.63, 3.8) is 0 Å². The maximum absolute atomic E-state index is 13.4. The van der Waals surface area contributed by atoms with Crippen LogP contribution >= 0.6 is 0 Å². The van der Waals surface area contributed by atoms with Crippen LogP contribution in [0.3, 0.4) is 0 Å². The summed E-state index contributed by atoms with van der Waals surface area (Å²) >= 11 is 0. The number of H-pyrrole nitrogens is 1. The zero-order valence-corrected chi connectivity index (χ0v) is 13.0. The smallest absolute Gasteiger partial charge is 0.299 e. The Morgan fingerprint density at radius 1 is 1.08 bits per heavy atom. The van der Waals surface area contributed by atoms with Gasteiger partial charge in [-0.3, -0.25) is 5.10 Å². The Morgan fingerprint density at radius 2 is 1.85 bits per heavy atom. The van der Waals surface area contributed by atoms with Gasteiger partial charge in [0.05, 0.1) is 5.69 Å². The Morgan fingerprint density at radius 3 is 2.54 bits per heavy atom. The van der Waals surface area contributed by atoms with Gasteiger partial charge in [-0.1, -0.05) is 0 Å². The quantitative estimate of drug-likeness (QED) is 0.566. The van der Waals surface area contributed by atoms with E-state index in [1.807, 2.05) is 0 Å². The molecule has 0 radical (unpaired) electrons. The Hall–Kier alpha value is -3.30. The number of fused-ring (bicyclic) bond motifs is 1. The fourth-order valence-corrected chi connectivity index (χ4v) is 2.62. The zero-order chi connectivity index (χ0) is 18.3. The molecule has 26 heavy (non-hydrogen) atoms. The third-order valence-corrected chi connectivity index (χ3v) is 3.68. The first-order valence-electron chi connectivity index (χ1n) is 7.48. The third kappa shape index (κ3) is 3.01. The largest absolute Gasteiger partial charge is 0.303 e. The van der Waals surface area contributed by atoms with Gasteiger partial charge in [0.2, 0.25) is 5.82 Å². The molecule has 1 N–H and O–H groups in total. The van der Waals surface area contributed by atoms with Crippen LogP contribution in [-0.2, 0) is 6.42 Å². The molecule has 0 amide bonds. The van der Waals surface area contributed by atoms with Crippen LogP contribution in [0.2, 0.25) is 0 Å². The first-order chi connectivity index (χ1) is 12.5. The molecule has 0 unspecified atom stereocenters. The van der Waals surface area contributed by atoms with Crippen LogP contribution in [0.15, 0.2) is 36.8 Å². The van der Waals surface area contributed by atoms with E-state index in [4.69, 9.17) is 0 Å². The van der Waals surface area contributed by atoms with Crippen molar-refractivity contribution in [2.45, 2.75) is 12.8 Å². The lowest BCUT2D eigenvalue weighted by Crippen LogP contribution is -2.02. The van der Waals surface area contributed by atoms with Crippen molar-refractivity contribution in [2.24, 2.45) is 0 Å². The summed E-state index contributed by atoms with van der Waals surface area (Å²) in [5.41, 5.74) is 1.50. The van der Waals surface area contributed by atoms with E-state index < -0.39 is 23.9 Å². The van der Waals surface area contributed by atoms with Crippen molar-refractivity contribution in [1.82, 2.24) is 29.5 Å². The summed E-state index contributed by atoms with van der Waals surface area (Å²) in [7, 11) is 0. The molecule has 3 aromatic heterocycles. The number of halogens is 4. The maximum atomic E-state index is 13.4. The number of nitrogens with one attached hydrogen (secondary N) is 1. The normalized spacial score (nSPS) is 11.6. The number of alkyl halides is 2. The summed E-state index contributed by atoms with van der Waals surface area (Å²) in [4.78, 5) is 12.3. The van der Waals surface area contributed by atoms with E-state index in [2.05, 4.69) is 25.1 Å². The average Bonchev–Trinajstić information content (AvgIpc) is 3.23. The lowest BCUT2D eigenvalue weighted by atomic mass is 10.1. The van der Waals surface area contributed by atoms with Crippen LogP contribution in [0, 0.1) is 11.6 Å². The van der Waals surface area contributed by atoms with E-state index in [0.717, 1.165) is 6.07 Å². The number of hydrogen-bond donors (Lipinski definition) is 1. The van der Waals surface area contributed by atoms with E-state index in [1.165, 1.54) is 18.3 Å². The standard InChI is InChI=1S/C16H10F4N6/c17-9-3-8(4-10(18)6-9)5-11-16-21-1-2-26(16)7-12(22-11)14-23-15(13(19)20)25-24-14/h1-4,6-7,13H,5H2,(H,23,24,25). The topological polar surface area (TPSA) is 71.8 Å². The Labute approximate surface area is 143 Å². The fraction of sp³-hybridized carbons (Fsp3) is 0.125. The molecule has 0 saturated carbocycles. The van der Waals surface area contributed by atoms with Crippen molar-refractivity contribution in [1.29, 1.82) is 0 Å². The highest BCUT2D eigenvalue weighted by atomic mass is 19.3. The molecular weight excluding hydrogens is 352 g/mol. The SMILES string of the molecule is Fc1cc(F)cc(Cc2nc(-c3nc(C(F)F)n[nH]3)cn3ccnc23)c1. The van der Waals surface area contributed by atoms with Crippen molar-refractivity contribution in [3.8, 4) is 11.5 Å². The lowest BCUT2D eigenvalue weighted by Gasteiger charge is -2.07. The van der Waals surface area contributed by atoms with Crippen LogP contribution in [0.1, 0.15) is 23.5 Å². The van der Waals surface area contributed by atoms with Crippen molar-refractivity contribution >= 4 is 5.65 Å². The minimum atomic E-state index is -2.81. The van der Waals surface area contributed by atoms with Crippen LogP contribution in [0.25, 0.3) is 17.2 Å². The molecule has 0 aliphatic heterocycles. The van der Waals surface area contributed by atoms with Gasteiger partial charge in [-0.05, 0) is 17.7 Å². The van der Waals surface area contributed by atoms with Gasteiger partial charge in [0.25, 0.3) is 6.43 Å². The van der Waals surface area contributed by atoms with Crippen LogP contribution in [-0.4, -0.2) is 29.5 Å². The molecule has 4 aromatic rings. The van der Waals surface area contributed by atoms with E-state index in [1.54, 1.807) is 16.8 Å². The summed E-state index contributed by atoms with van der Waals surface area (Å²) < 4.78 is 53.9. The number of aromatic amines is 1. The molecule has 0 spiro atoms. The highest BCUT2D eigenvalue weighted by molar-refractivity contribution is 5.55. The van der Waals surface area contributed by atoms with Crippen molar-refractivity contribution in [2.75, 3.05) is 0 Å². The van der Waals surface area contributed by atoms with E-state index in [0.29, 0.717) is 16.9 Å². The van der Waals surface area contributed by atoms with Crippen LogP contribution in [0.5, 0.6) is 0 Å². The molecule has 0 saturated heterocycles. The predicted octanol–water partition coefficient (Wildman–Crippen LogP) is 3.32. The summed E-state index contributed by atoms with van der Waals surface area (Å²) in [5, 5.41) is 5.86. The number of imidazole rings is 1. The monoisotopic (exact) mass is 362 g/mol. The molecule has 0 aliphatic carbocycles. The van der Waals surface area contributed by atoms with Gasteiger partial charge >= 0.3 is 0 Å². The van der Waals surface area contributed by atoms with E-state index in [9.17, 15) is 17.6 Å². The Bertz CT molecular complexity index is 1070. The Kier molecular flexibility index (Phi) is 3.86. The van der Waals surface area contributed by atoms with Gasteiger partial charge in [0.1, 0.15) is 17.3 Å². The molecule has 6 nitrogen and oxygen atoms in total. The number of hydrogen-bond acceptors (Lipinski definition) is 4. The van der Waals surface area contributed by atoms with Gasteiger partial charge in [-0.2, -0.15) is 5.10 Å². The minimum Gasteiger partial charge on any atom is -0.303 e. The van der Waals surface area contributed by atoms with Crippen LogP contribution in [0.4, 0.5) is 17.6 Å². The predicted molar refractivity (Wildman–Crippen MR) is 82.5 cm³/mol. The van der Waals surface area contributed by atoms with Crippen LogP contribution < -0.4 is 0 Å². The van der Waals surface area contributed by atoms with Gasteiger partial charge in [-0.15, -0.1) is 0 Å². The lowest BCUT2D eigenvalue weighted by molar-refractivity contribution is 0.141. The molecule has 0 aliphatic rings. The van der Waals surface area contributed by atoms with Gasteiger partial charge < -0.3 is 4.40 Å². The highest BCUT2D eigenvalue weighted by Gasteiger charge is 2.17. The molecular formula is C16H10F4N6. The average molecular weight is 362 g/mol. The summed E-state index contributed by atoms with van der Waals surface area (Å²) in [6.45, 7) is 0.